The smallest absolute Gasteiger partial charge is 0.175 e. The lowest BCUT2D eigenvalue weighted by molar-refractivity contribution is 0.190. The molecule has 110 valence electrons. The molecule has 0 spiro atoms. The Bertz CT molecular complexity index is 547. The van der Waals surface area contributed by atoms with Crippen LogP contribution in [0.3, 0.4) is 0 Å². The third-order valence-corrected chi connectivity index (χ3v) is 5.25. The van der Waals surface area contributed by atoms with Crippen LogP contribution in [0.25, 0.3) is 0 Å². The quantitative estimate of drug-likeness (QED) is 0.778. The van der Waals surface area contributed by atoms with Gasteiger partial charge in [-0.1, -0.05) is 30.7 Å². The minimum Gasteiger partial charge on any atom is -0.296 e. The second kappa shape index (κ2) is 6.76. The Morgan fingerprint density at radius 3 is 2.30 bits per heavy atom. The topological polar surface area (TPSA) is 40.6 Å². The van der Waals surface area contributed by atoms with E-state index in [2.05, 4.69) is 15.8 Å². The van der Waals surface area contributed by atoms with E-state index in [0.717, 1.165) is 38.3 Å². The lowest BCUT2D eigenvalue weighted by atomic mass is 10.2. The van der Waals surface area contributed by atoms with Crippen LogP contribution in [0, 0.1) is 0 Å². The Kier molecular flexibility index (Phi) is 5.26. The van der Waals surface area contributed by atoms with Gasteiger partial charge in [0.25, 0.3) is 0 Å². The maximum atomic E-state index is 11.4. The highest BCUT2D eigenvalue weighted by molar-refractivity contribution is 7.99. The summed E-state index contributed by atoms with van der Waals surface area (Å²) in [6.45, 7) is 8.70. The van der Waals surface area contributed by atoms with E-state index in [1.54, 1.807) is 24.1 Å². The monoisotopic (exact) mass is 312 g/mol. The number of nitrogens with zero attached hydrogens (tertiary/aromatic N) is 2. The lowest BCUT2D eigenvalue weighted by Crippen LogP contribution is -2.42. The Labute approximate surface area is 125 Å². The van der Waals surface area contributed by atoms with Crippen molar-refractivity contribution < 1.29 is 8.42 Å². The van der Waals surface area contributed by atoms with Gasteiger partial charge in [0.1, 0.15) is 0 Å². The van der Waals surface area contributed by atoms with Gasteiger partial charge < -0.3 is 0 Å². The molecular formula is C14H20N2O2S2. The molecule has 1 heterocycles. The molecule has 6 heteroatoms. The first-order chi connectivity index (χ1) is 9.49. The van der Waals surface area contributed by atoms with E-state index in [1.807, 2.05) is 17.5 Å². The molecule has 0 radical (unpaired) electrons. The molecule has 0 atom stereocenters. The van der Waals surface area contributed by atoms with Gasteiger partial charge in [0.05, 0.1) is 4.90 Å². The van der Waals surface area contributed by atoms with Crippen molar-refractivity contribution in [2.24, 2.45) is 0 Å². The Hall–Kier alpha value is -0.820. The summed E-state index contributed by atoms with van der Waals surface area (Å²) < 4.78 is 25.1. The Balaban J connectivity index is 1.90. The second-order valence-corrected chi connectivity index (χ2v) is 7.97. The summed E-state index contributed by atoms with van der Waals surface area (Å²) in [5.41, 5.74) is 1.15. The highest BCUT2D eigenvalue weighted by Crippen LogP contribution is 2.16. The minimum atomic E-state index is -3.10. The van der Waals surface area contributed by atoms with Gasteiger partial charge in [0.2, 0.25) is 0 Å². The zero-order chi connectivity index (χ0) is 14.6. The second-order valence-electron chi connectivity index (χ2n) is 4.89. The van der Waals surface area contributed by atoms with E-state index in [4.69, 9.17) is 0 Å². The standard InChI is InChI=1S/C14H20N2O2S2/c1-3-19-16-10-8-15(9-11-16)12-13-4-6-14(7-5-13)20(2,17)18/h3-7H,1,8-12H2,2H3. The fourth-order valence-corrected chi connectivity index (χ4v) is 3.41. The molecule has 4 nitrogen and oxygen atoms in total. The minimum absolute atomic E-state index is 0.383. The highest BCUT2D eigenvalue weighted by Gasteiger charge is 2.16. The molecule has 0 aliphatic carbocycles. The lowest BCUT2D eigenvalue weighted by Gasteiger charge is -2.33. The summed E-state index contributed by atoms with van der Waals surface area (Å²) in [4.78, 5) is 2.77. The maximum Gasteiger partial charge on any atom is 0.175 e. The fraction of sp³-hybridized carbons (Fsp3) is 0.429. The molecular weight excluding hydrogens is 292 g/mol. The number of piperazine rings is 1. The van der Waals surface area contributed by atoms with E-state index in [1.165, 1.54) is 6.26 Å². The van der Waals surface area contributed by atoms with Gasteiger partial charge in [-0.2, -0.15) is 0 Å². The van der Waals surface area contributed by atoms with Crippen LogP contribution in [0.5, 0.6) is 0 Å². The molecule has 2 rings (SSSR count). The van der Waals surface area contributed by atoms with Crippen molar-refractivity contribution in [1.82, 2.24) is 9.21 Å². The van der Waals surface area contributed by atoms with Crippen molar-refractivity contribution in [2.75, 3.05) is 32.4 Å². The van der Waals surface area contributed by atoms with Gasteiger partial charge >= 0.3 is 0 Å². The van der Waals surface area contributed by atoms with E-state index in [9.17, 15) is 8.42 Å². The van der Waals surface area contributed by atoms with Crippen molar-refractivity contribution in [3.05, 3.63) is 41.8 Å². The number of rotatable bonds is 5. The number of hydrogen-bond acceptors (Lipinski definition) is 5. The molecule has 1 aliphatic rings. The van der Waals surface area contributed by atoms with Crippen molar-refractivity contribution in [3.63, 3.8) is 0 Å². The van der Waals surface area contributed by atoms with Crippen molar-refractivity contribution in [2.45, 2.75) is 11.4 Å². The van der Waals surface area contributed by atoms with Gasteiger partial charge in [-0.15, -0.1) is 0 Å². The average molecular weight is 312 g/mol. The van der Waals surface area contributed by atoms with E-state index in [0.29, 0.717) is 4.90 Å². The molecule has 0 aromatic heterocycles. The van der Waals surface area contributed by atoms with Crippen LogP contribution in [0.2, 0.25) is 0 Å². The molecule has 0 N–H and O–H groups in total. The molecule has 1 aromatic rings. The highest BCUT2D eigenvalue weighted by atomic mass is 32.2. The molecule has 1 fully saturated rings. The maximum absolute atomic E-state index is 11.4. The molecule has 0 amide bonds. The molecule has 1 aliphatic heterocycles. The van der Waals surface area contributed by atoms with E-state index < -0.39 is 9.84 Å². The molecule has 20 heavy (non-hydrogen) atoms. The van der Waals surface area contributed by atoms with Gasteiger partial charge in [0.15, 0.2) is 9.84 Å². The van der Waals surface area contributed by atoms with Crippen molar-refractivity contribution in [1.29, 1.82) is 0 Å². The molecule has 1 aromatic carbocycles. The third-order valence-electron chi connectivity index (χ3n) is 3.31. The normalized spacial score (nSPS) is 18.1. The van der Waals surface area contributed by atoms with Crippen LogP contribution in [0.15, 0.2) is 41.1 Å². The largest absolute Gasteiger partial charge is 0.296 e. The first-order valence-corrected chi connectivity index (χ1v) is 9.26. The van der Waals surface area contributed by atoms with E-state index >= 15 is 0 Å². The first-order valence-electron chi connectivity index (χ1n) is 6.53. The number of hydrogen-bond donors (Lipinski definition) is 0. The summed E-state index contributed by atoms with van der Waals surface area (Å²) in [6.07, 6.45) is 1.23. The van der Waals surface area contributed by atoms with E-state index in [-0.39, 0.29) is 0 Å². The first kappa shape index (κ1) is 15.6. The molecule has 0 bridgehead atoms. The predicted molar refractivity (Wildman–Crippen MR) is 84.2 cm³/mol. The van der Waals surface area contributed by atoms with Gasteiger partial charge in [-0.05, 0) is 23.1 Å². The van der Waals surface area contributed by atoms with Gasteiger partial charge in [0, 0.05) is 39.0 Å². The summed E-state index contributed by atoms with van der Waals surface area (Å²) in [6, 6.07) is 7.19. The van der Waals surface area contributed by atoms with Crippen molar-refractivity contribution in [3.8, 4) is 0 Å². The fourth-order valence-electron chi connectivity index (χ4n) is 2.20. The van der Waals surface area contributed by atoms with Crippen LogP contribution >= 0.6 is 11.9 Å². The Morgan fingerprint density at radius 2 is 1.80 bits per heavy atom. The summed E-state index contributed by atoms with van der Waals surface area (Å²) in [5, 5.41) is 1.86. The van der Waals surface area contributed by atoms with Crippen LogP contribution < -0.4 is 0 Å². The Morgan fingerprint density at radius 1 is 1.20 bits per heavy atom. The summed E-state index contributed by atoms with van der Waals surface area (Å²) in [7, 11) is -3.10. The zero-order valence-corrected chi connectivity index (χ0v) is 13.3. The molecule has 0 unspecified atom stereocenters. The molecule has 0 saturated carbocycles. The summed E-state index contributed by atoms with van der Waals surface area (Å²) >= 11 is 1.67. The molecule has 1 saturated heterocycles. The predicted octanol–water partition coefficient (Wildman–Crippen LogP) is 2.00. The van der Waals surface area contributed by atoms with Crippen LogP contribution in [0.1, 0.15) is 5.56 Å². The van der Waals surface area contributed by atoms with Gasteiger partial charge in [-0.3, -0.25) is 4.90 Å². The van der Waals surface area contributed by atoms with Gasteiger partial charge in [-0.25, -0.2) is 12.7 Å². The SMILES string of the molecule is C=CSN1CCN(Cc2ccc(S(C)(=O)=O)cc2)CC1. The summed E-state index contributed by atoms with van der Waals surface area (Å²) in [5.74, 6) is 0. The third kappa shape index (κ3) is 4.34. The average Bonchev–Trinajstić information content (AvgIpc) is 2.41. The van der Waals surface area contributed by atoms with Crippen LogP contribution in [-0.2, 0) is 16.4 Å². The number of benzene rings is 1. The van der Waals surface area contributed by atoms with Crippen LogP contribution in [0.4, 0.5) is 0 Å². The van der Waals surface area contributed by atoms with Crippen molar-refractivity contribution >= 4 is 21.8 Å². The zero-order valence-electron chi connectivity index (χ0n) is 11.7. The van der Waals surface area contributed by atoms with Crippen LogP contribution in [-0.4, -0.2) is 50.1 Å². The number of sulfone groups is 1.